The molecule has 114 valence electrons. The number of hydrogen-bond acceptors (Lipinski definition) is 6. The molecular weight excluding hydrogens is 306 g/mol. The first kappa shape index (κ1) is 16.6. The third-order valence-corrected chi connectivity index (χ3v) is 3.53. The molecule has 0 saturated heterocycles. The van der Waals surface area contributed by atoms with Crippen molar-refractivity contribution < 1.29 is 39.6 Å². The molecule has 0 aliphatic carbocycles. The van der Waals surface area contributed by atoms with Crippen molar-refractivity contribution in [2.75, 3.05) is 0 Å². The van der Waals surface area contributed by atoms with Gasteiger partial charge in [0.25, 0.3) is 0 Å². The summed E-state index contributed by atoms with van der Waals surface area (Å²) in [5, 5.41) is 36.4. The molecular formula is C11H11NO8S. The van der Waals surface area contributed by atoms with E-state index < -0.39 is 48.6 Å². The average molecular weight is 317 g/mol. The molecule has 0 aromatic carbocycles. The highest BCUT2D eigenvalue weighted by Gasteiger charge is 2.30. The largest absolute Gasteiger partial charge is 0.481 e. The Hall–Kier alpha value is -2.49. The van der Waals surface area contributed by atoms with Crippen LogP contribution >= 0.6 is 11.3 Å². The lowest BCUT2D eigenvalue weighted by Gasteiger charge is -2.07. The summed E-state index contributed by atoms with van der Waals surface area (Å²) in [6, 6.07) is 0. The van der Waals surface area contributed by atoms with E-state index in [1.807, 2.05) is 0 Å². The molecule has 1 rings (SSSR count). The van der Waals surface area contributed by atoms with Gasteiger partial charge in [-0.1, -0.05) is 0 Å². The standard InChI is InChI=1S/C11H11NO8S/c13-7(14)1-4(10(17)18)6-3-21-9(12-6)5(11(19)20)2-8(15)16/h3-5H,1-2H2,(H,13,14)(H,15,16)(H,17,18)(H,19,20). The van der Waals surface area contributed by atoms with Crippen molar-refractivity contribution in [3.63, 3.8) is 0 Å². The van der Waals surface area contributed by atoms with Gasteiger partial charge < -0.3 is 20.4 Å². The van der Waals surface area contributed by atoms with Crippen LogP contribution in [-0.2, 0) is 19.2 Å². The Morgan fingerprint density at radius 1 is 0.952 bits per heavy atom. The van der Waals surface area contributed by atoms with Gasteiger partial charge in [0.15, 0.2) is 0 Å². The molecule has 1 aromatic heterocycles. The number of rotatable bonds is 8. The van der Waals surface area contributed by atoms with Crippen LogP contribution in [0.5, 0.6) is 0 Å². The molecule has 4 N–H and O–H groups in total. The molecule has 2 atom stereocenters. The van der Waals surface area contributed by atoms with Crippen LogP contribution in [0.3, 0.4) is 0 Å². The summed E-state index contributed by atoms with van der Waals surface area (Å²) in [5.41, 5.74) is -0.0958. The van der Waals surface area contributed by atoms with E-state index in [-0.39, 0.29) is 10.7 Å². The highest BCUT2D eigenvalue weighted by atomic mass is 32.1. The number of carbonyl (C=O) groups is 4. The van der Waals surface area contributed by atoms with Crippen LogP contribution in [-0.4, -0.2) is 49.3 Å². The molecule has 0 bridgehead atoms. The van der Waals surface area contributed by atoms with E-state index in [0.717, 1.165) is 11.3 Å². The highest BCUT2D eigenvalue weighted by molar-refractivity contribution is 7.09. The van der Waals surface area contributed by atoms with Gasteiger partial charge in [-0.25, -0.2) is 4.98 Å². The van der Waals surface area contributed by atoms with Gasteiger partial charge in [0.1, 0.15) is 16.8 Å². The van der Waals surface area contributed by atoms with Crippen molar-refractivity contribution >= 4 is 35.2 Å². The van der Waals surface area contributed by atoms with Gasteiger partial charge in [0, 0.05) is 5.38 Å². The molecule has 1 heterocycles. The van der Waals surface area contributed by atoms with Gasteiger partial charge in [0.05, 0.1) is 18.5 Å². The molecule has 0 saturated carbocycles. The predicted molar refractivity (Wildman–Crippen MR) is 67.4 cm³/mol. The van der Waals surface area contributed by atoms with Crippen LogP contribution in [0.1, 0.15) is 35.4 Å². The number of nitrogens with zero attached hydrogens (tertiary/aromatic N) is 1. The summed E-state index contributed by atoms with van der Waals surface area (Å²) < 4.78 is 0. The third kappa shape index (κ3) is 4.53. The van der Waals surface area contributed by atoms with Crippen LogP contribution in [0.15, 0.2) is 5.38 Å². The van der Waals surface area contributed by atoms with Crippen LogP contribution < -0.4 is 0 Å². The fourth-order valence-electron chi connectivity index (χ4n) is 1.57. The Labute approximate surface area is 121 Å². The van der Waals surface area contributed by atoms with Gasteiger partial charge >= 0.3 is 23.9 Å². The quantitative estimate of drug-likeness (QED) is 0.532. The van der Waals surface area contributed by atoms with Gasteiger partial charge in [-0.05, 0) is 0 Å². The number of carboxylic acid groups (broad SMARTS) is 4. The molecule has 0 radical (unpaired) electrons. The van der Waals surface area contributed by atoms with Crippen LogP contribution in [0.4, 0.5) is 0 Å². The zero-order valence-corrected chi connectivity index (χ0v) is 11.2. The van der Waals surface area contributed by atoms with Gasteiger partial charge in [-0.15, -0.1) is 11.3 Å². The molecule has 0 amide bonds. The molecule has 0 spiro atoms. The number of carboxylic acids is 4. The first-order chi connectivity index (χ1) is 9.72. The maximum Gasteiger partial charge on any atom is 0.314 e. The molecule has 1 aromatic rings. The predicted octanol–water partition coefficient (Wildman–Crippen LogP) is 0.429. The fraction of sp³-hybridized carbons (Fsp3) is 0.364. The van der Waals surface area contributed by atoms with Crippen molar-refractivity contribution in [2.24, 2.45) is 0 Å². The molecule has 0 fully saturated rings. The average Bonchev–Trinajstić information content (AvgIpc) is 2.80. The molecule has 9 nitrogen and oxygen atoms in total. The summed E-state index contributed by atoms with van der Waals surface area (Å²) >= 11 is 0.789. The third-order valence-electron chi connectivity index (χ3n) is 2.55. The summed E-state index contributed by atoms with van der Waals surface area (Å²) in [6.45, 7) is 0. The number of aliphatic carboxylic acids is 4. The van der Waals surface area contributed by atoms with Crippen LogP contribution in [0.25, 0.3) is 0 Å². The van der Waals surface area contributed by atoms with E-state index in [1.165, 1.54) is 5.38 Å². The second-order valence-electron chi connectivity index (χ2n) is 4.09. The first-order valence-electron chi connectivity index (χ1n) is 5.56. The van der Waals surface area contributed by atoms with E-state index in [9.17, 15) is 19.2 Å². The summed E-state index contributed by atoms with van der Waals surface area (Å²) in [5.74, 6) is -8.29. The molecule has 2 unspecified atom stereocenters. The van der Waals surface area contributed by atoms with E-state index in [2.05, 4.69) is 4.98 Å². The Morgan fingerprint density at radius 3 is 1.86 bits per heavy atom. The van der Waals surface area contributed by atoms with Gasteiger partial charge in [-0.3, -0.25) is 19.2 Å². The molecule has 21 heavy (non-hydrogen) atoms. The topological polar surface area (TPSA) is 162 Å². The second-order valence-corrected chi connectivity index (χ2v) is 4.98. The summed E-state index contributed by atoms with van der Waals surface area (Å²) in [6.07, 6.45) is -1.39. The summed E-state index contributed by atoms with van der Waals surface area (Å²) in [7, 11) is 0. The SMILES string of the molecule is O=C(O)CC(C(=O)O)c1csc(C(CC(=O)O)C(=O)O)n1. The second kappa shape index (κ2) is 6.79. The Morgan fingerprint density at radius 2 is 1.43 bits per heavy atom. The Bertz CT molecular complexity index is 532. The van der Waals surface area contributed by atoms with Gasteiger partial charge in [-0.2, -0.15) is 0 Å². The maximum atomic E-state index is 11.0. The molecule has 0 aliphatic heterocycles. The lowest BCUT2D eigenvalue weighted by molar-refractivity contribution is -0.145. The fourth-order valence-corrected chi connectivity index (χ4v) is 2.53. The number of aromatic nitrogens is 1. The number of thiazole rings is 1. The van der Waals surface area contributed by atoms with Crippen LogP contribution in [0.2, 0.25) is 0 Å². The Balaban J connectivity index is 3.06. The van der Waals surface area contributed by atoms with Crippen LogP contribution in [0, 0.1) is 0 Å². The number of hydrogen-bond donors (Lipinski definition) is 4. The van der Waals surface area contributed by atoms with E-state index in [4.69, 9.17) is 20.4 Å². The van der Waals surface area contributed by atoms with Crippen molar-refractivity contribution in [2.45, 2.75) is 24.7 Å². The lowest BCUT2D eigenvalue weighted by Crippen LogP contribution is -2.18. The lowest BCUT2D eigenvalue weighted by atomic mass is 10.0. The zero-order chi connectivity index (χ0) is 16.2. The molecule has 10 heteroatoms. The van der Waals surface area contributed by atoms with Gasteiger partial charge in [0.2, 0.25) is 0 Å². The van der Waals surface area contributed by atoms with Crippen molar-refractivity contribution in [3.8, 4) is 0 Å². The smallest absolute Gasteiger partial charge is 0.314 e. The Kier molecular flexibility index (Phi) is 5.36. The first-order valence-corrected chi connectivity index (χ1v) is 6.44. The minimum Gasteiger partial charge on any atom is -0.481 e. The minimum absolute atomic E-state index is 0.0726. The van der Waals surface area contributed by atoms with E-state index >= 15 is 0 Å². The van der Waals surface area contributed by atoms with Crippen molar-refractivity contribution in [3.05, 3.63) is 16.1 Å². The van der Waals surface area contributed by atoms with E-state index in [0.29, 0.717) is 0 Å². The van der Waals surface area contributed by atoms with E-state index in [1.54, 1.807) is 0 Å². The monoisotopic (exact) mass is 317 g/mol. The van der Waals surface area contributed by atoms with Crippen molar-refractivity contribution in [1.82, 2.24) is 4.98 Å². The highest BCUT2D eigenvalue weighted by Crippen LogP contribution is 2.28. The zero-order valence-electron chi connectivity index (χ0n) is 10.4. The normalized spacial score (nSPS) is 13.3. The van der Waals surface area contributed by atoms with Crippen molar-refractivity contribution in [1.29, 1.82) is 0 Å². The minimum atomic E-state index is -1.41. The maximum absolute atomic E-state index is 11.0. The summed E-state index contributed by atoms with van der Waals surface area (Å²) in [4.78, 5) is 47.1. The molecule has 0 aliphatic rings.